The van der Waals surface area contributed by atoms with Crippen molar-refractivity contribution in [3.63, 3.8) is 0 Å². The van der Waals surface area contributed by atoms with Crippen LogP contribution < -0.4 is 5.56 Å². The Hall–Kier alpha value is -2.41. The van der Waals surface area contributed by atoms with Crippen molar-refractivity contribution in [2.75, 3.05) is 0 Å². The molecular weight excluding hydrogens is 214 g/mol. The highest BCUT2D eigenvalue weighted by Crippen LogP contribution is 2.21. The van der Waals surface area contributed by atoms with Crippen LogP contribution in [0.5, 0.6) is 0 Å². The van der Waals surface area contributed by atoms with Crippen molar-refractivity contribution in [2.45, 2.75) is 13.8 Å². The second-order valence-electron chi connectivity index (χ2n) is 3.93. The third-order valence-corrected chi connectivity index (χ3v) is 2.59. The van der Waals surface area contributed by atoms with E-state index in [1.54, 1.807) is 0 Å². The van der Waals surface area contributed by atoms with Crippen LogP contribution in [0.3, 0.4) is 0 Å². The second kappa shape index (κ2) is 4.22. The van der Waals surface area contributed by atoms with Crippen LogP contribution in [0.1, 0.15) is 16.7 Å². The molecule has 0 unspecified atom stereocenters. The normalized spacial score (nSPS) is 9.94. The molecule has 0 aliphatic heterocycles. The number of hydrogen-bond donors (Lipinski definition) is 1. The lowest BCUT2D eigenvalue weighted by Crippen LogP contribution is -2.12. The van der Waals surface area contributed by atoms with Gasteiger partial charge in [0.2, 0.25) is 0 Å². The minimum absolute atomic E-state index is 0.0795. The molecule has 1 aromatic carbocycles. The maximum absolute atomic E-state index is 11.2. The zero-order valence-electron chi connectivity index (χ0n) is 9.61. The average Bonchev–Trinajstić information content (AvgIpc) is 2.33. The van der Waals surface area contributed by atoms with Gasteiger partial charge in [-0.25, -0.2) is 5.10 Å². The lowest BCUT2D eigenvalue weighted by molar-refractivity contribution is 0.985. The first-order chi connectivity index (χ1) is 8.11. The van der Waals surface area contributed by atoms with Gasteiger partial charge in [-0.15, -0.1) is 0 Å². The monoisotopic (exact) mass is 225 g/mol. The largest absolute Gasteiger partial charge is 0.282 e. The molecule has 0 fully saturated rings. The predicted octanol–water partition coefficient (Wildman–Crippen LogP) is 1.93. The summed E-state index contributed by atoms with van der Waals surface area (Å²) in [7, 11) is 0. The second-order valence-corrected chi connectivity index (χ2v) is 3.93. The van der Waals surface area contributed by atoms with Gasteiger partial charge in [0.25, 0.3) is 5.56 Å². The summed E-state index contributed by atoms with van der Waals surface area (Å²) in [6.07, 6.45) is 0. The summed E-state index contributed by atoms with van der Waals surface area (Å²) in [4.78, 5) is 11.2. The number of nitrogens with zero attached hydrogens (tertiary/aromatic N) is 2. The molecule has 0 aliphatic carbocycles. The van der Waals surface area contributed by atoms with E-state index in [-0.39, 0.29) is 5.56 Å². The van der Waals surface area contributed by atoms with Gasteiger partial charge in [-0.2, -0.15) is 10.4 Å². The zero-order valence-corrected chi connectivity index (χ0v) is 9.61. The third-order valence-electron chi connectivity index (χ3n) is 2.59. The first kappa shape index (κ1) is 11.1. The van der Waals surface area contributed by atoms with E-state index in [1.807, 2.05) is 38.1 Å². The number of aromatic amines is 1. The Balaban J connectivity index is 2.65. The highest BCUT2D eigenvalue weighted by Gasteiger charge is 2.07. The number of nitriles is 1. The summed E-state index contributed by atoms with van der Waals surface area (Å²) in [6, 6.07) is 9.35. The number of hydrogen-bond acceptors (Lipinski definition) is 3. The van der Waals surface area contributed by atoms with Gasteiger partial charge in [-0.05, 0) is 31.5 Å². The van der Waals surface area contributed by atoms with Crippen molar-refractivity contribution >= 4 is 0 Å². The van der Waals surface area contributed by atoms with Gasteiger partial charge in [0.05, 0.1) is 5.69 Å². The third kappa shape index (κ3) is 2.08. The van der Waals surface area contributed by atoms with Gasteiger partial charge in [0, 0.05) is 5.56 Å². The fourth-order valence-corrected chi connectivity index (χ4v) is 1.64. The van der Waals surface area contributed by atoms with Crippen LogP contribution in [-0.4, -0.2) is 10.2 Å². The number of nitrogens with one attached hydrogen (secondary N) is 1. The maximum Gasteiger partial charge on any atom is 0.282 e. The lowest BCUT2D eigenvalue weighted by atomic mass is 10.0. The predicted molar refractivity (Wildman–Crippen MR) is 64.5 cm³/mol. The lowest BCUT2D eigenvalue weighted by Gasteiger charge is -2.05. The van der Waals surface area contributed by atoms with E-state index in [0.717, 1.165) is 16.7 Å². The summed E-state index contributed by atoms with van der Waals surface area (Å²) in [5.41, 5.74) is 3.33. The number of H-pyrrole nitrogens is 1. The number of benzene rings is 1. The molecule has 84 valence electrons. The molecule has 0 spiro atoms. The van der Waals surface area contributed by atoms with E-state index in [9.17, 15) is 4.79 Å². The standard InChI is InChI=1S/C13H11N3O/c1-8-3-4-9(2)11(5-8)12-6-10(7-14)13(17)16-15-12/h3-6H,1-2H3,(H,16,17). The van der Waals surface area contributed by atoms with Gasteiger partial charge in [-0.3, -0.25) is 4.79 Å². The van der Waals surface area contributed by atoms with Crippen molar-refractivity contribution in [1.82, 2.24) is 10.2 Å². The van der Waals surface area contributed by atoms with E-state index in [1.165, 1.54) is 6.07 Å². The van der Waals surface area contributed by atoms with Crippen LogP contribution >= 0.6 is 0 Å². The fourth-order valence-electron chi connectivity index (χ4n) is 1.64. The Bertz CT molecular complexity index is 665. The van der Waals surface area contributed by atoms with Gasteiger partial charge in [0.1, 0.15) is 11.6 Å². The molecule has 2 aromatic rings. The number of aryl methyl sites for hydroxylation is 2. The first-order valence-corrected chi connectivity index (χ1v) is 5.19. The van der Waals surface area contributed by atoms with E-state index in [4.69, 9.17) is 5.26 Å². The fraction of sp³-hybridized carbons (Fsp3) is 0.154. The molecule has 0 radical (unpaired) electrons. The van der Waals surface area contributed by atoms with Gasteiger partial charge < -0.3 is 0 Å². The Morgan fingerprint density at radius 2 is 2.06 bits per heavy atom. The van der Waals surface area contributed by atoms with Gasteiger partial charge in [-0.1, -0.05) is 17.7 Å². The van der Waals surface area contributed by atoms with Crippen LogP contribution in [0.15, 0.2) is 29.1 Å². The molecule has 1 N–H and O–H groups in total. The molecule has 2 rings (SSSR count). The van der Waals surface area contributed by atoms with Crippen LogP contribution in [0.25, 0.3) is 11.3 Å². The van der Waals surface area contributed by atoms with Gasteiger partial charge in [0.15, 0.2) is 0 Å². The van der Waals surface area contributed by atoms with Crippen LogP contribution in [-0.2, 0) is 0 Å². The average molecular weight is 225 g/mol. The van der Waals surface area contributed by atoms with Crippen molar-refractivity contribution in [3.05, 3.63) is 51.3 Å². The van der Waals surface area contributed by atoms with Crippen molar-refractivity contribution < 1.29 is 0 Å². The minimum atomic E-state index is -0.457. The molecular formula is C13H11N3O. The van der Waals surface area contributed by atoms with Crippen LogP contribution in [0.2, 0.25) is 0 Å². The first-order valence-electron chi connectivity index (χ1n) is 5.19. The molecule has 4 nitrogen and oxygen atoms in total. The molecule has 4 heteroatoms. The smallest absolute Gasteiger partial charge is 0.267 e. The highest BCUT2D eigenvalue weighted by atomic mass is 16.1. The molecule has 0 saturated heterocycles. The Labute approximate surface area is 98.5 Å². The molecule has 1 aromatic heterocycles. The van der Waals surface area contributed by atoms with Crippen LogP contribution in [0, 0.1) is 25.2 Å². The Morgan fingerprint density at radius 1 is 1.29 bits per heavy atom. The Kier molecular flexibility index (Phi) is 2.75. The maximum atomic E-state index is 11.2. The SMILES string of the molecule is Cc1ccc(C)c(-c2cc(C#N)c(=O)[nH]n2)c1. The number of rotatable bonds is 1. The highest BCUT2D eigenvalue weighted by molar-refractivity contribution is 5.64. The quantitative estimate of drug-likeness (QED) is 0.806. The molecule has 0 aliphatic rings. The summed E-state index contributed by atoms with van der Waals surface area (Å²) < 4.78 is 0. The Morgan fingerprint density at radius 3 is 2.76 bits per heavy atom. The number of aromatic nitrogens is 2. The van der Waals surface area contributed by atoms with E-state index in [2.05, 4.69) is 10.2 Å². The molecule has 1 heterocycles. The zero-order chi connectivity index (χ0) is 12.4. The van der Waals surface area contributed by atoms with E-state index < -0.39 is 5.56 Å². The summed E-state index contributed by atoms with van der Waals surface area (Å²) >= 11 is 0. The molecule has 0 bridgehead atoms. The van der Waals surface area contributed by atoms with Crippen molar-refractivity contribution in [2.24, 2.45) is 0 Å². The molecule has 17 heavy (non-hydrogen) atoms. The van der Waals surface area contributed by atoms with Crippen molar-refractivity contribution in [1.29, 1.82) is 5.26 Å². The minimum Gasteiger partial charge on any atom is -0.267 e. The van der Waals surface area contributed by atoms with E-state index >= 15 is 0 Å². The molecule has 0 amide bonds. The summed E-state index contributed by atoms with van der Waals surface area (Å²) in [5.74, 6) is 0. The molecule has 0 saturated carbocycles. The summed E-state index contributed by atoms with van der Waals surface area (Å²) in [6.45, 7) is 3.95. The topological polar surface area (TPSA) is 69.5 Å². The summed E-state index contributed by atoms with van der Waals surface area (Å²) in [5, 5.41) is 15.1. The van der Waals surface area contributed by atoms with Crippen LogP contribution in [0.4, 0.5) is 0 Å². The van der Waals surface area contributed by atoms with E-state index in [0.29, 0.717) is 5.69 Å². The van der Waals surface area contributed by atoms with Crippen molar-refractivity contribution in [3.8, 4) is 17.3 Å². The van der Waals surface area contributed by atoms with Gasteiger partial charge >= 0.3 is 0 Å². The molecule has 0 atom stereocenters.